The van der Waals surface area contributed by atoms with Crippen LogP contribution < -0.4 is 5.46 Å². The van der Waals surface area contributed by atoms with Gasteiger partial charge in [0, 0.05) is 19.1 Å². The lowest BCUT2D eigenvalue weighted by Gasteiger charge is -2.22. The van der Waals surface area contributed by atoms with Crippen LogP contribution in [-0.2, 0) is 6.54 Å². The molecule has 0 bridgehead atoms. The zero-order valence-electron chi connectivity index (χ0n) is 10.6. The maximum absolute atomic E-state index is 9.20. The van der Waals surface area contributed by atoms with Crippen LogP contribution in [0.15, 0.2) is 24.3 Å². The van der Waals surface area contributed by atoms with Crippen molar-refractivity contribution in [1.29, 1.82) is 0 Å². The van der Waals surface area contributed by atoms with Crippen molar-refractivity contribution in [2.45, 2.75) is 38.3 Å². The molecular weight excluding hydrogens is 225 g/mol. The molecule has 96 valence electrons. The molecule has 3 rings (SSSR count). The Morgan fingerprint density at radius 3 is 2.56 bits per heavy atom. The van der Waals surface area contributed by atoms with Gasteiger partial charge in [-0.3, -0.25) is 4.90 Å². The molecule has 18 heavy (non-hydrogen) atoms. The molecule has 2 fully saturated rings. The maximum atomic E-state index is 9.20. The van der Waals surface area contributed by atoms with E-state index < -0.39 is 7.12 Å². The summed E-state index contributed by atoms with van der Waals surface area (Å²) in [4.78, 5) is 2.57. The van der Waals surface area contributed by atoms with E-state index in [1.165, 1.54) is 37.8 Å². The second-order valence-corrected chi connectivity index (χ2v) is 5.72. The fourth-order valence-electron chi connectivity index (χ4n) is 2.50. The van der Waals surface area contributed by atoms with Crippen LogP contribution in [0.4, 0.5) is 0 Å². The SMILES string of the molecule is OB(O)c1cccc(CN(CC2CC2)C2CC2)c1. The van der Waals surface area contributed by atoms with Crippen molar-refractivity contribution in [3.8, 4) is 0 Å². The Bertz CT molecular complexity index is 416. The fourth-order valence-corrected chi connectivity index (χ4v) is 2.50. The van der Waals surface area contributed by atoms with Crippen LogP contribution in [0.1, 0.15) is 31.2 Å². The summed E-state index contributed by atoms with van der Waals surface area (Å²) in [6, 6.07) is 8.43. The number of benzene rings is 1. The predicted molar refractivity (Wildman–Crippen MR) is 72.4 cm³/mol. The molecular formula is C14H20BNO2. The van der Waals surface area contributed by atoms with Gasteiger partial charge in [-0.2, -0.15) is 0 Å². The van der Waals surface area contributed by atoms with Gasteiger partial charge in [0.05, 0.1) is 0 Å². The number of rotatable bonds is 6. The van der Waals surface area contributed by atoms with E-state index in [2.05, 4.69) is 11.0 Å². The zero-order valence-corrected chi connectivity index (χ0v) is 10.6. The highest BCUT2D eigenvalue weighted by molar-refractivity contribution is 6.58. The summed E-state index contributed by atoms with van der Waals surface area (Å²) < 4.78 is 0. The maximum Gasteiger partial charge on any atom is 0.488 e. The molecule has 0 saturated heterocycles. The van der Waals surface area contributed by atoms with Crippen LogP contribution in [-0.4, -0.2) is 34.7 Å². The number of hydrogen-bond acceptors (Lipinski definition) is 3. The first-order chi connectivity index (χ1) is 8.72. The van der Waals surface area contributed by atoms with E-state index in [0.717, 1.165) is 18.5 Å². The Morgan fingerprint density at radius 2 is 1.94 bits per heavy atom. The van der Waals surface area contributed by atoms with Crippen molar-refractivity contribution < 1.29 is 10.0 Å². The summed E-state index contributed by atoms with van der Waals surface area (Å²) in [5.41, 5.74) is 1.78. The van der Waals surface area contributed by atoms with E-state index in [0.29, 0.717) is 5.46 Å². The summed E-state index contributed by atoms with van der Waals surface area (Å²) >= 11 is 0. The lowest BCUT2D eigenvalue weighted by Crippen LogP contribution is -2.32. The minimum atomic E-state index is -1.36. The van der Waals surface area contributed by atoms with Crippen molar-refractivity contribution in [3.05, 3.63) is 29.8 Å². The predicted octanol–water partition coefficient (Wildman–Crippen LogP) is 0.741. The van der Waals surface area contributed by atoms with Gasteiger partial charge < -0.3 is 10.0 Å². The number of hydrogen-bond donors (Lipinski definition) is 2. The molecule has 1 aromatic carbocycles. The minimum Gasteiger partial charge on any atom is -0.423 e. The number of nitrogens with zero attached hydrogens (tertiary/aromatic N) is 1. The van der Waals surface area contributed by atoms with Crippen molar-refractivity contribution in [2.24, 2.45) is 5.92 Å². The quantitative estimate of drug-likeness (QED) is 0.726. The van der Waals surface area contributed by atoms with Crippen LogP contribution in [0.3, 0.4) is 0 Å². The van der Waals surface area contributed by atoms with Crippen molar-refractivity contribution >= 4 is 12.6 Å². The third-order valence-electron chi connectivity index (χ3n) is 3.89. The van der Waals surface area contributed by atoms with Gasteiger partial charge in [-0.15, -0.1) is 0 Å². The molecule has 0 radical (unpaired) electrons. The van der Waals surface area contributed by atoms with Crippen molar-refractivity contribution in [3.63, 3.8) is 0 Å². The van der Waals surface area contributed by atoms with E-state index in [9.17, 15) is 10.0 Å². The Balaban J connectivity index is 1.67. The van der Waals surface area contributed by atoms with Gasteiger partial charge >= 0.3 is 7.12 Å². The molecule has 0 aromatic heterocycles. The van der Waals surface area contributed by atoms with Gasteiger partial charge in [-0.1, -0.05) is 24.3 Å². The third-order valence-corrected chi connectivity index (χ3v) is 3.89. The molecule has 0 aliphatic heterocycles. The molecule has 0 spiro atoms. The molecule has 3 nitrogen and oxygen atoms in total. The van der Waals surface area contributed by atoms with E-state index in [1.807, 2.05) is 12.1 Å². The van der Waals surface area contributed by atoms with E-state index in [1.54, 1.807) is 6.07 Å². The van der Waals surface area contributed by atoms with Crippen LogP contribution >= 0.6 is 0 Å². The van der Waals surface area contributed by atoms with Crippen molar-refractivity contribution in [2.75, 3.05) is 6.54 Å². The van der Waals surface area contributed by atoms with Gasteiger partial charge in [0.1, 0.15) is 0 Å². The molecule has 4 heteroatoms. The van der Waals surface area contributed by atoms with Crippen LogP contribution in [0.5, 0.6) is 0 Å². The molecule has 2 aliphatic rings. The van der Waals surface area contributed by atoms with E-state index in [-0.39, 0.29) is 0 Å². The molecule has 1 aromatic rings. The summed E-state index contributed by atoms with van der Waals surface area (Å²) in [5.74, 6) is 0.914. The van der Waals surface area contributed by atoms with Crippen molar-refractivity contribution in [1.82, 2.24) is 4.90 Å². The monoisotopic (exact) mass is 245 g/mol. The summed E-state index contributed by atoms with van der Waals surface area (Å²) in [5, 5.41) is 18.4. The van der Waals surface area contributed by atoms with Gasteiger partial charge in [0.25, 0.3) is 0 Å². The lowest BCUT2D eigenvalue weighted by atomic mass is 9.79. The van der Waals surface area contributed by atoms with E-state index >= 15 is 0 Å². The van der Waals surface area contributed by atoms with Gasteiger partial charge in [-0.25, -0.2) is 0 Å². The average Bonchev–Trinajstić information content (AvgIpc) is 3.22. The first kappa shape index (κ1) is 12.2. The van der Waals surface area contributed by atoms with Crippen LogP contribution in [0.25, 0.3) is 0 Å². The molecule has 0 atom stereocenters. The normalized spacial score (nSPS) is 19.3. The molecule has 0 unspecified atom stereocenters. The van der Waals surface area contributed by atoms with Crippen LogP contribution in [0, 0.1) is 5.92 Å². The average molecular weight is 245 g/mol. The van der Waals surface area contributed by atoms with Crippen LogP contribution in [0.2, 0.25) is 0 Å². The third kappa shape index (κ3) is 3.13. The Kier molecular flexibility index (Phi) is 3.42. The summed E-state index contributed by atoms with van der Waals surface area (Å²) in [6.45, 7) is 2.16. The molecule has 2 N–H and O–H groups in total. The highest BCUT2D eigenvalue weighted by atomic mass is 16.4. The molecule has 0 amide bonds. The molecule has 0 heterocycles. The second-order valence-electron chi connectivity index (χ2n) is 5.72. The second kappa shape index (κ2) is 5.04. The van der Waals surface area contributed by atoms with Gasteiger partial charge in [-0.05, 0) is 42.6 Å². The zero-order chi connectivity index (χ0) is 12.5. The Morgan fingerprint density at radius 1 is 1.17 bits per heavy atom. The van der Waals surface area contributed by atoms with Gasteiger partial charge in [0.15, 0.2) is 0 Å². The fraction of sp³-hybridized carbons (Fsp3) is 0.571. The topological polar surface area (TPSA) is 43.7 Å². The largest absolute Gasteiger partial charge is 0.488 e. The Labute approximate surface area is 109 Å². The highest BCUT2D eigenvalue weighted by Gasteiger charge is 2.33. The molecule has 2 aliphatic carbocycles. The smallest absolute Gasteiger partial charge is 0.423 e. The highest BCUT2D eigenvalue weighted by Crippen LogP contribution is 2.35. The summed E-state index contributed by atoms with van der Waals surface area (Å²) in [6.07, 6.45) is 5.43. The lowest BCUT2D eigenvalue weighted by molar-refractivity contribution is 0.244. The standard InChI is InChI=1S/C14H20BNO2/c17-15(18)13-3-1-2-12(8-13)10-16(14-6-7-14)9-11-4-5-11/h1-3,8,11,14,17-18H,4-7,9-10H2. The minimum absolute atomic E-state index is 0.592. The Hall–Kier alpha value is -0.835. The van der Waals surface area contributed by atoms with E-state index in [4.69, 9.17) is 0 Å². The summed E-state index contributed by atoms with van der Waals surface area (Å²) in [7, 11) is -1.36. The first-order valence-electron chi connectivity index (χ1n) is 6.91. The molecule has 2 saturated carbocycles. The first-order valence-corrected chi connectivity index (χ1v) is 6.91. The van der Waals surface area contributed by atoms with Gasteiger partial charge in [0.2, 0.25) is 0 Å².